The van der Waals surface area contributed by atoms with Crippen molar-refractivity contribution in [2.45, 2.75) is 12.8 Å². The van der Waals surface area contributed by atoms with Gasteiger partial charge < -0.3 is 14.4 Å². The molecule has 1 aromatic heterocycles. The van der Waals surface area contributed by atoms with Crippen molar-refractivity contribution in [1.82, 2.24) is 9.97 Å². The van der Waals surface area contributed by atoms with E-state index in [1.165, 1.54) is 11.3 Å². The first-order valence-electron chi connectivity index (χ1n) is 8.14. The summed E-state index contributed by atoms with van der Waals surface area (Å²) in [5, 5.41) is 0.952. The number of fused-ring (bicyclic) bond motifs is 2. The van der Waals surface area contributed by atoms with E-state index in [0.717, 1.165) is 40.6 Å². The van der Waals surface area contributed by atoms with E-state index in [1.54, 1.807) is 20.5 Å². The fourth-order valence-corrected chi connectivity index (χ4v) is 3.70. The average Bonchev–Trinajstić information content (AvgIpc) is 2.65. The quantitative estimate of drug-likeness (QED) is 0.648. The Balaban J connectivity index is 1.92. The summed E-state index contributed by atoms with van der Waals surface area (Å²) in [6, 6.07) is 10.3. The van der Waals surface area contributed by atoms with Gasteiger partial charge >= 0.3 is 0 Å². The third-order valence-corrected chi connectivity index (χ3v) is 5.03. The van der Waals surface area contributed by atoms with Crippen LogP contribution in [0.15, 0.2) is 41.1 Å². The third kappa shape index (κ3) is 2.80. The van der Waals surface area contributed by atoms with Gasteiger partial charge in [-0.1, -0.05) is 22.0 Å². The number of aryl methyl sites for hydroxylation is 1. The fourth-order valence-electron chi connectivity index (χ4n) is 3.35. The molecule has 0 atom stereocenters. The van der Waals surface area contributed by atoms with Crippen LogP contribution in [0, 0.1) is 0 Å². The number of hydrogen-bond donors (Lipinski definition) is 0. The molecule has 0 bridgehead atoms. The molecule has 1 aliphatic rings. The predicted molar refractivity (Wildman–Crippen MR) is 102 cm³/mol. The van der Waals surface area contributed by atoms with Gasteiger partial charge in [0.05, 0.1) is 19.7 Å². The summed E-state index contributed by atoms with van der Waals surface area (Å²) in [4.78, 5) is 11.3. The molecule has 0 unspecified atom stereocenters. The van der Waals surface area contributed by atoms with Crippen molar-refractivity contribution in [3.05, 3.63) is 46.7 Å². The van der Waals surface area contributed by atoms with Crippen molar-refractivity contribution >= 4 is 38.3 Å². The maximum absolute atomic E-state index is 5.47. The molecule has 0 saturated carbocycles. The highest BCUT2D eigenvalue weighted by Gasteiger charge is 2.22. The first-order chi connectivity index (χ1) is 12.2. The number of ether oxygens (including phenoxy) is 2. The molecule has 128 valence electrons. The van der Waals surface area contributed by atoms with Crippen LogP contribution in [0.25, 0.3) is 10.9 Å². The SMILES string of the molecule is COc1cc2ncnc(N3CCCc4ccc(Br)cc43)c2cc1OC. The van der Waals surface area contributed by atoms with Crippen molar-refractivity contribution in [3.63, 3.8) is 0 Å². The largest absolute Gasteiger partial charge is 0.493 e. The molecule has 2 heterocycles. The van der Waals surface area contributed by atoms with Crippen LogP contribution in [0.4, 0.5) is 11.5 Å². The van der Waals surface area contributed by atoms with Gasteiger partial charge in [-0.2, -0.15) is 0 Å². The maximum Gasteiger partial charge on any atom is 0.162 e. The molecule has 1 aliphatic heterocycles. The second kappa shape index (κ2) is 6.52. The van der Waals surface area contributed by atoms with Crippen molar-refractivity contribution in [3.8, 4) is 11.5 Å². The van der Waals surface area contributed by atoms with E-state index in [9.17, 15) is 0 Å². The number of methoxy groups -OCH3 is 2. The summed E-state index contributed by atoms with van der Waals surface area (Å²) in [6.45, 7) is 0.921. The molecule has 0 N–H and O–H groups in total. The number of halogens is 1. The molecule has 2 aromatic carbocycles. The highest BCUT2D eigenvalue weighted by molar-refractivity contribution is 9.10. The van der Waals surface area contributed by atoms with E-state index in [1.807, 2.05) is 12.1 Å². The van der Waals surface area contributed by atoms with Crippen molar-refractivity contribution in [1.29, 1.82) is 0 Å². The molecule has 4 rings (SSSR count). The molecular weight excluding hydrogens is 382 g/mol. The Kier molecular flexibility index (Phi) is 4.21. The van der Waals surface area contributed by atoms with Crippen LogP contribution < -0.4 is 14.4 Å². The van der Waals surface area contributed by atoms with E-state index >= 15 is 0 Å². The van der Waals surface area contributed by atoms with Crippen LogP contribution in [0.1, 0.15) is 12.0 Å². The standard InChI is InChI=1S/C19H18BrN3O2/c1-24-17-9-14-15(10-18(17)25-2)21-11-22-19(14)23-7-3-4-12-5-6-13(20)8-16(12)23/h5-6,8-11H,3-4,7H2,1-2H3. The Hall–Kier alpha value is -2.34. The summed E-state index contributed by atoms with van der Waals surface area (Å²) in [5.41, 5.74) is 3.36. The van der Waals surface area contributed by atoms with Crippen molar-refractivity contribution in [2.24, 2.45) is 0 Å². The number of rotatable bonds is 3. The van der Waals surface area contributed by atoms with E-state index in [0.29, 0.717) is 11.5 Å². The predicted octanol–water partition coefficient (Wildman–Crippen LogP) is 4.49. The molecule has 0 spiro atoms. The molecule has 0 amide bonds. The minimum absolute atomic E-state index is 0.668. The number of nitrogens with zero attached hydrogens (tertiary/aromatic N) is 3. The summed E-state index contributed by atoms with van der Waals surface area (Å²) >= 11 is 3.59. The van der Waals surface area contributed by atoms with Crippen LogP contribution in [-0.4, -0.2) is 30.7 Å². The number of hydrogen-bond acceptors (Lipinski definition) is 5. The highest BCUT2D eigenvalue weighted by atomic mass is 79.9. The van der Waals surface area contributed by atoms with E-state index in [4.69, 9.17) is 9.47 Å². The van der Waals surface area contributed by atoms with Crippen molar-refractivity contribution < 1.29 is 9.47 Å². The Morgan fingerprint density at radius 1 is 1.04 bits per heavy atom. The van der Waals surface area contributed by atoms with Gasteiger partial charge in [0.25, 0.3) is 0 Å². The first-order valence-corrected chi connectivity index (χ1v) is 8.93. The smallest absolute Gasteiger partial charge is 0.162 e. The van der Waals surface area contributed by atoms with Crippen LogP contribution in [0.2, 0.25) is 0 Å². The van der Waals surface area contributed by atoms with Gasteiger partial charge in [-0.05, 0) is 36.6 Å². The van der Waals surface area contributed by atoms with E-state index < -0.39 is 0 Å². The normalized spacial score (nSPS) is 13.6. The molecule has 0 saturated heterocycles. The Morgan fingerprint density at radius 2 is 1.84 bits per heavy atom. The molecule has 0 radical (unpaired) electrons. The zero-order valence-electron chi connectivity index (χ0n) is 14.1. The van der Waals surface area contributed by atoms with Crippen LogP contribution in [-0.2, 0) is 6.42 Å². The lowest BCUT2D eigenvalue weighted by Gasteiger charge is -2.31. The minimum atomic E-state index is 0.668. The monoisotopic (exact) mass is 399 g/mol. The lowest BCUT2D eigenvalue weighted by atomic mass is 10.0. The molecule has 0 fully saturated rings. The third-order valence-electron chi connectivity index (χ3n) is 4.54. The zero-order chi connectivity index (χ0) is 17.4. The number of aromatic nitrogens is 2. The molecular formula is C19H18BrN3O2. The van der Waals surface area contributed by atoms with Crippen LogP contribution in [0.3, 0.4) is 0 Å². The molecule has 0 aliphatic carbocycles. The maximum atomic E-state index is 5.47. The summed E-state index contributed by atoms with van der Waals surface area (Å²) in [6.07, 6.45) is 3.78. The second-order valence-corrected chi connectivity index (χ2v) is 6.87. The first kappa shape index (κ1) is 16.1. The summed E-state index contributed by atoms with van der Waals surface area (Å²) < 4.78 is 11.9. The lowest BCUT2D eigenvalue weighted by Crippen LogP contribution is -2.25. The summed E-state index contributed by atoms with van der Waals surface area (Å²) in [7, 11) is 3.27. The van der Waals surface area contributed by atoms with Gasteiger partial charge in [0.15, 0.2) is 11.5 Å². The van der Waals surface area contributed by atoms with Gasteiger partial charge in [0.1, 0.15) is 12.1 Å². The number of anilines is 2. The average molecular weight is 400 g/mol. The van der Waals surface area contributed by atoms with Gasteiger partial charge in [0.2, 0.25) is 0 Å². The molecule has 5 nitrogen and oxygen atoms in total. The van der Waals surface area contributed by atoms with Gasteiger partial charge in [-0.25, -0.2) is 9.97 Å². The Labute approximate surface area is 154 Å². The second-order valence-electron chi connectivity index (χ2n) is 5.95. The van der Waals surface area contributed by atoms with Gasteiger partial charge in [-0.15, -0.1) is 0 Å². The molecule has 3 aromatic rings. The lowest BCUT2D eigenvalue weighted by molar-refractivity contribution is 0.356. The zero-order valence-corrected chi connectivity index (χ0v) is 15.7. The molecule has 25 heavy (non-hydrogen) atoms. The van der Waals surface area contributed by atoms with Crippen molar-refractivity contribution in [2.75, 3.05) is 25.7 Å². The van der Waals surface area contributed by atoms with E-state index in [-0.39, 0.29) is 0 Å². The van der Waals surface area contributed by atoms with Crippen LogP contribution >= 0.6 is 15.9 Å². The summed E-state index contributed by atoms with van der Waals surface area (Å²) in [5.74, 6) is 2.24. The number of benzene rings is 2. The van der Waals surface area contributed by atoms with Gasteiger partial charge in [-0.3, -0.25) is 0 Å². The molecule has 6 heteroatoms. The van der Waals surface area contributed by atoms with Gasteiger partial charge in [0, 0.05) is 28.2 Å². The van der Waals surface area contributed by atoms with E-state index in [2.05, 4.69) is 49.0 Å². The fraction of sp³-hybridized carbons (Fsp3) is 0.263. The Bertz CT molecular complexity index is 945. The Morgan fingerprint density at radius 3 is 2.64 bits per heavy atom. The topological polar surface area (TPSA) is 47.5 Å². The van der Waals surface area contributed by atoms with Crippen LogP contribution in [0.5, 0.6) is 11.5 Å². The highest BCUT2D eigenvalue weighted by Crippen LogP contribution is 2.40. The minimum Gasteiger partial charge on any atom is -0.493 e.